The Morgan fingerprint density at radius 3 is 2.16 bits per heavy atom. The smallest absolute Gasteiger partial charge is 0.255 e. The van der Waals surface area contributed by atoms with Crippen LogP contribution in [0.3, 0.4) is 0 Å². The number of carbonyl (C=O) groups excluding carboxylic acids is 2. The lowest BCUT2D eigenvalue weighted by atomic mass is 9.96. The molecular weight excluding hydrogens is 414 g/mol. The molecule has 0 heterocycles. The lowest BCUT2D eigenvalue weighted by Crippen LogP contribution is -2.38. The summed E-state index contributed by atoms with van der Waals surface area (Å²) in [5, 5.41) is 5.35. The maximum atomic E-state index is 12.9. The third kappa shape index (κ3) is 5.71. The van der Waals surface area contributed by atoms with Gasteiger partial charge in [0.25, 0.3) is 5.91 Å². The number of hydrogen-bond donors (Lipinski definition) is 2. The fourth-order valence-electron chi connectivity index (χ4n) is 3.77. The lowest BCUT2D eigenvalue weighted by molar-refractivity contribution is -0.119. The Morgan fingerprint density at radius 1 is 0.968 bits per heavy atom. The second kappa shape index (κ2) is 10.1. The normalized spacial score (nSPS) is 14.9. The molecule has 0 radical (unpaired) electrons. The first-order valence-corrected chi connectivity index (χ1v) is 11.9. The number of nitrogens with zero attached hydrogens (tertiary/aromatic N) is 1. The van der Waals surface area contributed by atoms with E-state index in [4.69, 9.17) is 0 Å². The molecule has 2 N–H and O–H groups in total. The predicted octanol–water partition coefficient (Wildman–Crippen LogP) is 3.18. The number of carbonyl (C=O) groups is 2. The second-order valence-corrected chi connectivity index (χ2v) is 9.84. The van der Waals surface area contributed by atoms with Crippen LogP contribution in [0, 0.1) is 0 Å². The van der Waals surface area contributed by atoms with Crippen molar-refractivity contribution in [1.82, 2.24) is 9.62 Å². The molecule has 0 bridgehead atoms. The quantitative estimate of drug-likeness (QED) is 0.687. The van der Waals surface area contributed by atoms with Crippen molar-refractivity contribution in [2.24, 2.45) is 0 Å². The van der Waals surface area contributed by atoms with Crippen molar-refractivity contribution in [3.63, 3.8) is 0 Å². The molecule has 0 atom stereocenters. The average Bonchev–Trinajstić information content (AvgIpc) is 2.80. The molecule has 2 aromatic rings. The lowest BCUT2D eigenvalue weighted by Gasteiger charge is -2.30. The Kier molecular flexibility index (Phi) is 7.46. The van der Waals surface area contributed by atoms with Crippen LogP contribution < -0.4 is 10.6 Å². The number of likely N-dealkylation sites (N-methyl/N-ethyl adjacent to an activating group) is 1. The van der Waals surface area contributed by atoms with E-state index in [9.17, 15) is 18.0 Å². The molecule has 1 saturated carbocycles. The van der Waals surface area contributed by atoms with Gasteiger partial charge < -0.3 is 10.6 Å². The minimum absolute atomic E-state index is 0.0353. The third-order valence-corrected chi connectivity index (χ3v) is 7.66. The molecule has 166 valence electrons. The van der Waals surface area contributed by atoms with Crippen LogP contribution >= 0.6 is 0 Å². The first kappa shape index (κ1) is 23.0. The van der Waals surface area contributed by atoms with Gasteiger partial charge in [0.15, 0.2) is 0 Å². The number of rotatable bonds is 7. The summed E-state index contributed by atoms with van der Waals surface area (Å²) in [7, 11) is -0.365. The molecule has 1 aliphatic rings. The van der Waals surface area contributed by atoms with Crippen molar-refractivity contribution in [3.05, 3.63) is 59.7 Å². The van der Waals surface area contributed by atoms with Gasteiger partial charge in [-0.15, -0.1) is 0 Å². The van der Waals surface area contributed by atoms with E-state index < -0.39 is 10.0 Å². The van der Waals surface area contributed by atoms with Crippen LogP contribution in [-0.4, -0.2) is 44.7 Å². The van der Waals surface area contributed by atoms with Crippen LogP contribution in [0.2, 0.25) is 0 Å². The molecule has 8 heteroatoms. The number of nitrogens with one attached hydrogen (secondary N) is 2. The molecule has 2 aromatic carbocycles. The molecule has 0 aromatic heterocycles. The zero-order valence-corrected chi connectivity index (χ0v) is 18.7. The van der Waals surface area contributed by atoms with Crippen molar-refractivity contribution in [2.75, 3.05) is 19.4 Å². The minimum Gasteiger partial charge on any atom is -0.359 e. The van der Waals surface area contributed by atoms with Gasteiger partial charge in [-0.25, -0.2) is 8.42 Å². The van der Waals surface area contributed by atoms with Crippen molar-refractivity contribution >= 4 is 27.5 Å². The standard InChI is InChI=1S/C23H29N3O4S/c1-24-22(27)16-17-8-12-19(13-9-17)25-23(28)18-10-14-21(15-11-18)31(29,30)26(2)20-6-4-3-5-7-20/h8-15,20H,3-7,16H2,1-2H3,(H,24,27)(H,25,28). The monoisotopic (exact) mass is 443 g/mol. The van der Waals surface area contributed by atoms with Gasteiger partial charge in [0.1, 0.15) is 0 Å². The number of amides is 2. The van der Waals surface area contributed by atoms with E-state index in [1.807, 2.05) is 0 Å². The minimum atomic E-state index is -3.59. The fourth-order valence-corrected chi connectivity index (χ4v) is 5.18. The molecule has 7 nitrogen and oxygen atoms in total. The Hall–Kier alpha value is -2.71. The van der Waals surface area contributed by atoms with Gasteiger partial charge in [-0.3, -0.25) is 9.59 Å². The largest absolute Gasteiger partial charge is 0.359 e. The molecule has 0 unspecified atom stereocenters. The molecule has 2 amide bonds. The number of benzene rings is 2. The SMILES string of the molecule is CNC(=O)Cc1ccc(NC(=O)c2ccc(S(=O)(=O)N(C)C3CCCCC3)cc2)cc1. The van der Waals surface area contributed by atoms with Crippen molar-refractivity contribution in [3.8, 4) is 0 Å². The summed E-state index contributed by atoms with van der Waals surface area (Å²) in [5.74, 6) is -0.412. The third-order valence-electron chi connectivity index (χ3n) is 5.74. The molecule has 0 spiro atoms. The molecule has 1 fully saturated rings. The average molecular weight is 444 g/mol. The van der Waals surface area contributed by atoms with Gasteiger partial charge in [0, 0.05) is 31.4 Å². The molecule has 0 aliphatic heterocycles. The fraction of sp³-hybridized carbons (Fsp3) is 0.391. The van der Waals surface area contributed by atoms with Crippen LogP contribution in [0.4, 0.5) is 5.69 Å². The van der Waals surface area contributed by atoms with Gasteiger partial charge in [0.05, 0.1) is 11.3 Å². The van der Waals surface area contributed by atoms with E-state index in [0.717, 1.165) is 37.7 Å². The summed E-state index contributed by atoms with van der Waals surface area (Å²) in [6, 6.07) is 13.1. The summed E-state index contributed by atoms with van der Waals surface area (Å²) in [5.41, 5.74) is 1.81. The summed E-state index contributed by atoms with van der Waals surface area (Å²) in [6.45, 7) is 0. The summed E-state index contributed by atoms with van der Waals surface area (Å²) in [4.78, 5) is 24.2. The van der Waals surface area contributed by atoms with Crippen molar-refractivity contribution in [1.29, 1.82) is 0 Å². The highest BCUT2D eigenvalue weighted by Crippen LogP contribution is 2.26. The number of sulfonamides is 1. The first-order chi connectivity index (χ1) is 14.8. The Bertz CT molecular complexity index is 1010. The molecule has 1 aliphatic carbocycles. The zero-order chi connectivity index (χ0) is 22.4. The van der Waals surface area contributed by atoms with Crippen LogP contribution in [0.5, 0.6) is 0 Å². The number of hydrogen-bond acceptors (Lipinski definition) is 4. The van der Waals surface area contributed by atoms with Crippen molar-refractivity contribution < 1.29 is 18.0 Å². The highest BCUT2D eigenvalue weighted by Gasteiger charge is 2.29. The number of anilines is 1. The Morgan fingerprint density at radius 2 is 1.58 bits per heavy atom. The maximum absolute atomic E-state index is 12.9. The summed E-state index contributed by atoms with van der Waals surface area (Å²) >= 11 is 0. The molecule has 31 heavy (non-hydrogen) atoms. The van der Waals surface area contributed by atoms with Gasteiger partial charge in [-0.2, -0.15) is 4.31 Å². The van der Waals surface area contributed by atoms with Crippen LogP contribution in [0.15, 0.2) is 53.4 Å². The van der Waals surface area contributed by atoms with E-state index in [0.29, 0.717) is 11.3 Å². The highest BCUT2D eigenvalue weighted by atomic mass is 32.2. The Balaban J connectivity index is 1.65. The predicted molar refractivity (Wildman–Crippen MR) is 120 cm³/mol. The van der Waals surface area contributed by atoms with Crippen LogP contribution in [0.25, 0.3) is 0 Å². The maximum Gasteiger partial charge on any atom is 0.255 e. The van der Waals surface area contributed by atoms with E-state index in [2.05, 4.69) is 10.6 Å². The molecular formula is C23H29N3O4S. The van der Waals surface area contributed by atoms with Gasteiger partial charge in [0.2, 0.25) is 15.9 Å². The Labute approximate surface area is 183 Å². The zero-order valence-electron chi connectivity index (χ0n) is 17.9. The highest BCUT2D eigenvalue weighted by molar-refractivity contribution is 7.89. The van der Waals surface area contributed by atoms with Gasteiger partial charge in [-0.05, 0) is 54.8 Å². The van der Waals surface area contributed by atoms with Gasteiger partial charge in [-0.1, -0.05) is 31.4 Å². The molecule has 3 rings (SSSR count). The van der Waals surface area contributed by atoms with Crippen LogP contribution in [0.1, 0.15) is 48.0 Å². The topological polar surface area (TPSA) is 95.6 Å². The van der Waals surface area contributed by atoms with Crippen molar-refractivity contribution in [2.45, 2.75) is 49.5 Å². The van der Waals surface area contributed by atoms with E-state index in [1.165, 1.54) is 28.6 Å². The van der Waals surface area contributed by atoms with E-state index in [1.54, 1.807) is 38.4 Å². The first-order valence-electron chi connectivity index (χ1n) is 10.5. The van der Waals surface area contributed by atoms with Crippen LogP contribution in [-0.2, 0) is 21.2 Å². The van der Waals surface area contributed by atoms with Gasteiger partial charge >= 0.3 is 0 Å². The van der Waals surface area contributed by atoms with E-state index in [-0.39, 0.29) is 29.2 Å². The molecule has 0 saturated heterocycles. The second-order valence-electron chi connectivity index (χ2n) is 7.84. The summed E-state index contributed by atoms with van der Waals surface area (Å²) in [6.07, 6.45) is 5.31. The summed E-state index contributed by atoms with van der Waals surface area (Å²) < 4.78 is 27.3. The van der Waals surface area contributed by atoms with E-state index >= 15 is 0 Å².